The monoisotopic (exact) mass is 452 g/mol. The number of nitrogens with one attached hydrogen (secondary N) is 1. The lowest BCUT2D eigenvalue weighted by atomic mass is 10.2. The minimum Gasteiger partial charge on any atom is -0.462 e. The molecule has 2 aromatic heterocycles. The zero-order chi connectivity index (χ0) is 21.5. The Labute approximate surface area is 184 Å². The molecule has 8 nitrogen and oxygen atoms in total. The maximum absolute atomic E-state index is 12.6. The molecule has 0 saturated carbocycles. The molecule has 1 unspecified atom stereocenters. The lowest BCUT2D eigenvalue weighted by Gasteiger charge is -2.14. The van der Waals surface area contributed by atoms with Gasteiger partial charge in [0.2, 0.25) is 5.91 Å². The highest BCUT2D eigenvalue weighted by Crippen LogP contribution is 2.30. The first-order valence-electron chi connectivity index (χ1n) is 10.3. The Morgan fingerprint density at radius 2 is 2.17 bits per heavy atom. The molecule has 0 radical (unpaired) electrons. The van der Waals surface area contributed by atoms with E-state index in [-0.39, 0.29) is 17.8 Å². The van der Waals surface area contributed by atoms with Crippen molar-refractivity contribution in [3.05, 3.63) is 22.3 Å². The lowest BCUT2D eigenvalue weighted by Crippen LogP contribution is -2.19. The number of esters is 1. The molecule has 0 aliphatic carbocycles. The van der Waals surface area contributed by atoms with Crippen molar-refractivity contribution in [1.29, 1.82) is 0 Å². The number of carbonyl (C=O) groups excluding carboxylic acids is 2. The summed E-state index contributed by atoms with van der Waals surface area (Å²) in [5.41, 5.74) is 0.409. The molecule has 1 aliphatic heterocycles. The van der Waals surface area contributed by atoms with Crippen LogP contribution in [0.25, 0.3) is 0 Å². The highest BCUT2D eigenvalue weighted by atomic mass is 32.2. The highest BCUT2D eigenvalue weighted by molar-refractivity contribution is 7.99. The van der Waals surface area contributed by atoms with E-state index in [2.05, 4.69) is 20.1 Å². The molecule has 1 saturated heterocycles. The molecule has 1 N–H and O–H groups in total. The summed E-state index contributed by atoms with van der Waals surface area (Å²) >= 11 is 2.75. The van der Waals surface area contributed by atoms with Gasteiger partial charge in [0.25, 0.3) is 0 Å². The molecule has 10 heteroatoms. The number of aromatic nitrogens is 3. The highest BCUT2D eigenvalue weighted by Gasteiger charge is 2.22. The first kappa shape index (κ1) is 22.8. The molecular formula is C20H28N4O4S2. The predicted octanol–water partition coefficient (Wildman–Crippen LogP) is 3.55. The fraction of sp³-hybridized carbons (Fsp3) is 0.600. The molecular weight excluding hydrogens is 424 g/mol. The van der Waals surface area contributed by atoms with E-state index in [1.807, 2.05) is 13.8 Å². The summed E-state index contributed by atoms with van der Waals surface area (Å²) in [7, 11) is 0. The minimum absolute atomic E-state index is 0.171. The molecule has 1 fully saturated rings. The number of hydrogen-bond acceptors (Lipinski definition) is 8. The van der Waals surface area contributed by atoms with Crippen LogP contribution >= 0.6 is 23.1 Å². The van der Waals surface area contributed by atoms with Crippen LogP contribution in [-0.4, -0.2) is 51.7 Å². The van der Waals surface area contributed by atoms with Gasteiger partial charge in [0.15, 0.2) is 5.16 Å². The van der Waals surface area contributed by atoms with E-state index in [0.29, 0.717) is 28.9 Å². The van der Waals surface area contributed by atoms with Crippen LogP contribution < -0.4 is 5.32 Å². The van der Waals surface area contributed by atoms with Crippen LogP contribution in [-0.2, 0) is 33.7 Å². The van der Waals surface area contributed by atoms with E-state index in [0.717, 1.165) is 43.0 Å². The third-order valence-corrected chi connectivity index (χ3v) is 6.89. The smallest absolute Gasteiger partial charge is 0.341 e. The van der Waals surface area contributed by atoms with Crippen molar-refractivity contribution in [2.24, 2.45) is 0 Å². The van der Waals surface area contributed by atoms with Crippen molar-refractivity contribution in [2.45, 2.75) is 64.3 Å². The number of anilines is 1. The topological polar surface area (TPSA) is 95.3 Å². The third kappa shape index (κ3) is 5.61. The van der Waals surface area contributed by atoms with Crippen LogP contribution in [0.2, 0.25) is 0 Å². The second kappa shape index (κ2) is 10.9. The van der Waals surface area contributed by atoms with Gasteiger partial charge in [-0.15, -0.1) is 21.5 Å². The molecule has 164 valence electrons. The molecule has 0 aromatic carbocycles. The second-order valence-electron chi connectivity index (χ2n) is 6.86. The number of aryl methyl sites for hydroxylation is 2. The maximum atomic E-state index is 12.6. The molecule has 0 bridgehead atoms. The zero-order valence-corrected chi connectivity index (χ0v) is 19.2. The first-order chi connectivity index (χ1) is 14.5. The van der Waals surface area contributed by atoms with Crippen molar-refractivity contribution in [2.75, 3.05) is 24.3 Å². The number of carbonyl (C=O) groups is 2. The summed E-state index contributed by atoms with van der Waals surface area (Å²) in [6.45, 7) is 7.60. The average Bonchev–Trinajstić information content (AvgIpc) is 3.47. The lowest BCUT2D eigenvalue weighted by molar-refractivity contribution is -0.113. The van der Waals surface area contributed by atoms with E-state index in [1.54, 1.807) is 13.0 Å². The van der Waals surface area contributed by atoms with Crippen molar-refractivity contribution in [3.8, 4) is 0 Å². The van der Waals surface area contributed by atoms with Gasteiger partial charge in [-0.3, -0.25) is 4.79 Å². The Morgan fingerprint density at radius 3 is 2.83 bits per heavy atom. The van der Waals surface area contributed by atoms with Crippen molar-refractivity contribution in [1.82, 2.24) is 14.8 Å². The van der Waals surface area contributed by atoms with E-state index in [1.165, 1.54) is 23.1 Å². The van der Waals surface area contributed by atoms with Gasteiger partial charge in [0.05, 0.1) is 30.6 Å². The Morgan fingerprint density at radius 1 is 1.33 bits per heavy atom. The third-order valence-electron chi connectivity index (χ3n) is 4.73. The molecule has 3 heterocycles. The average molecular weight is 453 g/mol. The summed E-state index contributed by atoms with van der Waals surface area (Å²) < 4.78 is 12.9. The molecule has 0 spiro atoms. The number of hydrogen-bond donors (Lipinski definition) is 1. The van der Waals surface area contributed by atoms with Crippen molar-refractivity contribution < 1.29 is 19.1 Å². The summed E-state index contributed by atoms with van der Waals surface area (Å²) in [5.74, 6) is 0.457. The Kier molecular flexibility index (Phi) is 8.29. The molecule has 30 heavy (non-hydrogen) atoms. The fourth-order valence-corrected chi connectivity index (χ4v) is 4.99. The van der Waals surface area contributed by atoms with Crippen LogP contribution in [0.3, 0.4) is 0 Å². The van der Waals surface area contributed by atoms with Crippen molar-refractivity contribution >= 4 is 40.0 Å². The van der Waals surface area contributed by atoms with Crippen LogP contribution in [0.5, 0.6) is 0 Å². The summed E-state index contributed by atoms with van der Waals surface area (Å²) in [5, 5.41) is 12.6. The van der Waals surface area contributed by atoms with Crippen LogP contribution in [0, 0.1) is 0 Å². The predicted molar refractivity (Wildman–Crippen MR) is 117 cm³/mol. The summed E-state index contributed by atoms with van der Waals surface area (Å²) in [6, 6.07) is 1.79. The van der Waals surface area contributed by atoms with Gasteiger partial charge in [-0.1, -0.05) is 25.6 Å². The summed E-state index contributed by atoms with van der Waals surface area (Å²) in [4.78, 5) is 25.8. The number of nitrogens with zero attached hydrogens (tertiary/aromatic N) is 3. The van der Waals surface area contributed by atoms with E-state index in [4.69, 9.17) is 9.47 Å². The van der Waals surface area contributed by atoms with Crippen molar-refractivity contribution in [3.63, 3.8) is 0 Å². The number of amides is 1. The molecule has 3 rings (SSSR count). The first-order valence-corrected chi connectivity index (χ1v) is 12.1. The van der Waals surface area contributed by atoms with Gasteiger partial charge in [-0.05, 0) is 32.3 Å². The van der Waals surface area contributed by atoms with Gasteiger partial charge >= 0.3 is 5.97 Å². The second-order valence-corrected chi connectivity index (χ2v) is 8.94. The van der Waals surface area contributed by atoms with E-state index in [9.17, 15) is 9.59 Å². The quantitative estimate of drug-likeness (QED) is 0.435. The van der Waals surface area contributed by atoms with Gasteiger partial charge in [0.1, 0.15) is 10.8 Å². The summed E-state index contributed by atoms with van der Waals surface area (Å²) in [6.07, 6.45) is 3.83. The van der Waals surface area contributed by atoms with E-state index < -0.39 is 5.97 Å². The Hall–Kier alpha value is -1.91. The minimum atomic E-state index is -0.416. The maximum Gasteiger partial charge on any atom is 0.341 e. The molecule has 1 aliphatic rings. The Bertz CT molecular complexity index is 874. The Balaban J connectivity index is 1.64. The fourth-order valence-electron chi connectivity index (χ4n) is 3.23. The van der Waals surface area contributed by atoms with Crippen LogP contribution in [0.1, 0.15) is 54.7 Å². The van der Waals surface area contributed by atoms with Crippen LogP contribution in [0.15, 0.2) is 11.2 Å². The zero-order valence-electron chi connectivity index (χ0n) is 17.6. The molecule has 1 atom stereocenters. The van der Waals surface area contributed by atoms with E-state index >= 15 is 0 Å². The van der Waals surface area contributed by atoms with Gasteiger partial charge in [0, 0.05) is 17.9 Å². The number of thioether (sulfide) groups is 1. The SMILES string of the molecule is CCOC(=O)c1cc(CC)sc1NC(=O)CSc1nnc(CC)n1CC1CCCO1. The van der Waals surface area contributed by atoms with Gasteiger partial charge in [-0.25, -0.2) is 4.79 Å². The number of ether oxygens (including phenoxy) is 2. The molecule has 2 aromatic rings. The van der Waals surface area contributed by atoms with Crippen LogP contribution in [0.4, 0.5) is 5.00 Å². The largest absolute Gasteiger partial charge is 0.462 e. The number of thiophene rings is 1. The number of rotatable bonds is 10. The normalized spacial score (nSPS) is 16.0. The standard InChI is InChI=1S/C20H28N4O4S2/c1-4-14-10-15(19(26)27-6-3)18(30-14)21-17(25)12-29-20-23-22-16(5-2)24(20)11-13-8-7-9-28-13/h10,13H,4-9,11-12H2,1-3H3,(H,21,25). The van der Waals surface area contributed by atoms with Gasteiger partial charge < -0.3 is 19.4 Å². The molecule has 1 amide bonds. The van der Waals surface area contributed by atoms with Gasteiger partial charge in [-0.2, -0.15) is 0 Å².